The zero-order chi connectivity index (χ0) is 9.89. The first-order valence-corrected chi connectivity index (χ1v) is 21.1. The number of rotatable bonds is 4. The maximum atomic E-state index is 8.10. The second kappa shape index (κ2) is 8.83. The van der Waals surface area contributed by atoms with Crippen LogP contribution >= 0.6 is 89.4 Å². The number of hydrogen-bond acceptors (Lipinski definition) is 0. The molecule has 0 aliphatic carbocycles. The van der Waals surface area contributed by atoms with Gasteiger partial charge in [0.25, 0.3) is 0 Å². The lowest BCUT2D eigenvalue weighted by Crippen LogP contribution is -1.35. The van der Waals surface area contributed by atoms with Gasteiger partial charge in [0.1, 0.15) is 0 Å². The molecule has 0 saturated carbocycles. The summed E-state index contributed by atoms with van der Waals surface area (Å²) in [4.78, 5) is 0. The van der Waals surface area contributed by atoms with Crippen LogP contribution in [0, 0.1) is 0 Å². The molecule has 0 aromatic rings. The van der Waals surface area contributed by atoms with Gasteiger partial charge in [-0.2, -0.15) is 0 Å². The Balaban J connectivity index is 4.30. The minimum atomic E-state index is -0.502. The Morgan fingerprint density at radius 2 is 1.27 bits per heavy atom. The van der Waals surface area contributed by atoms with Crippen molar-refractivity contribution in [3.8, 4) is 0 Å². The Hall–Kier alpha value is 4.73. The molecule has 0 saturated heterocycles. The second-order valence-corrected chi connectivity index (χ2v) is 40.4. The normalized spacial score (nSPS) is 16.7. The van der Waals surface area contributed by atoms with Crippen LogP contribution in [-0.2, 0) is 0 Å². The molecule has 0 aromatic heterocycles. The average molecular weight is 355 g/mol. The summed E-state index contributed by atoms with van der Waals surface area (Å²) in [6, 6.07) is 0. The third-order valence-electron chi connectivity index (χ3n) is 0.596. The molecular weight excluding hydrogens is 341 g/mol. The van der Waals surface area contributed by atoms with E-state index in [2.05, 4.69) is 53.6 Å². The first-order chi connectivity index (χ1) is 5.37. The summed E-state index contributed by atoms with van der Waals surface area (Å²) in [6.45, 7) is -0.391. The molecule has 0 amide bonds. The molecule has 0 aromatic carbocycles. The maximum Gasteiger partial charge on any atom is 0.0689 e. The van der Waals surface area contributed by atoms with Crippen LogP contribution in [0.25, 0.3) is 0 Å². The van der Waals surface area contributed by atoms with Crippen molar-refractivity contribution in [2.24, 2.45) is 0 Å². The lowest BCUT2D eigenvalue weighted by molar-refractivity contribution is 4.71. The summed E-state index contributed by atoms with van der Waals surface area (Å²) in [5.41, 5.74) is 0. The molecule has 68 valence electrons. The molecule has 11 heteroatoms. The zero-order valence-electron chi connectivity index (χ0n) is 6.70. The molecular formula is H13P11. The largest absolute Gasteiger partial charge is 0.103 e. The van der Waals surface area contributed by atoms with Crippen LogP contribution in [0.1, 0.15) is 0 Å². The fourth-order valence-electron chi connectivity index (χ4n) is 0.304. The smallest absolute Gasteiger partial charge is 0.0689 e. The van der Waals surface area contributed by atoms with Gasteiger partial charge in [-0.1, -0.05) is 7.90 Å². The van der Waals surface area contributed by atoms with Crippen LogP contribution in [0.2, 0.25) is 0 Å². The van der Waals surface area contributed by atoms with Gasteiger partial charge in [0, 0.05) is 0 Å². The van der Waals surface area contributed by atoms with Crippen LogP contribution in [0.15, 0.2) is 0 Å². The van der Waals surface area contributed by atoms with Crippen LogP contribution in [-0.4, -0.2) is 1.28 Å². The molecule has 7 atom stereocenters. The van der Waals surface area contributed by atoms with Crippen molar-refractivity contribution in [1.29, 1.82) is 1.28 Å². The van der Waals surface area contributed by atoms with E-state index in [4.69, 9.17) is 1.28 Å². The van der Waals surface area contributed by atoms with E-state index < -0.39 is 7.90 Å². The molecule has 0 rings (SSSR count). The highest BCUT2D eigenvalue weighted by Gasteiger charge is 2.18. The quantitative estimate of drug-likeness (QED) is 0.544. The van der Waals surface area contributed by atoms with Gasteiger partial charge in [0.2, 0.25) is 0 Å². The summed E-state index contributed by atoms with van der Waals surface area (Å²) in [7, 11) is 16.7. The van der Waals surface area contributed by atoms with Crippen molar-refractivity contribution in [2.75, 3.05) is 0 Å². The van der Waals surface area contributed by atoms with E-state index in [9.17, 15) is 0 Å². The predicted molar refractivity (Wildman–Crippen MR) is 94.3 cm³/mol. The Bertz CT molecular complexity index is 108. The highest BCUT2D eigenvalue weighted by molar-refractivity contribution is 9.14. The molecule has 7 unspecified atom stereocenters. The molecule has 0 nitrogen and oxygen atoms in total. The highest BCUT2D eigenvalue weighted by atomic mass is 33.2. The molecule has 0 aliphatic rings. The summed E-state index contributed by atoms with van der Waals surface area (Å²) >= 11 is 0. The monoisotopic (exact) mass is 355 g/mol. The van der Waals surface area contributed by atoms with Crippen LogP contribution < -0.4 is 0 Å². The van der Waals surface area contributed by atoms with E-state index in [1.807, 2.05) is 0 Å². The van der Waals surface area contributed by atoms with E-state index in [1.165, 1.54) is 0 Å². The van der Waals surface area contributed by atoms with E-state index in [0.29, 0.717) is 0 Å². The molecule has 0 bridgehead atoms. The Morgan fingerprint density at radius 1 is 0.909 bits per heavy atom. The molecule has 0 N–H and O–H groups in total. The Labute approximate surface area is 90.5 Å². The third kappa shape index (κ3) is 8.53. The van der Waals surface area contributed by atoms with Gasteiger partial charge in [-0.15, -0.1) is 53.6 Å². The summed E-state index contributed by atoms with van der Waals surface area (Å²) in [6.07, 6.45) is 0. The lowest BCUT2D eigenvalue weighted by atomic mass is 28.8. The summed E-state index contributed by atoms with van der Waals surface area (Å²) in [5, 5.41) is 0. The van der Waals surface area contributed by atoms with Gasteiger partial charge in [-0.05, 0) is 27.9 Å². The van der Waals surface area contributed by atoms with Gasteiger partial charge in [0.15, 0.2) is 0 Å². The SMILES string of the molecule is [2H]P(P(P)P)P(P(P)P)P(P)P. The van der Waals surface area contributed by atoms with Crippen molar-refractivity contribution >= 4 is 89.4 Å². The van der Waals surface area contributed by atoms with Crippen molar-refractivity contribution < 1.29 is 0 Å². The first kappa shape index (κ1) is 13.8. The molecule has 0 fully saturated rings. The van der Waals surface area contributed by atoms with Crippen LogP contribution in [0.3, 0.4) is 0 Å². The third-order valence-corrected chi connectivity index (χ3v) is 48.3. The summed E-state index contributed by atoms with van der Waals surface area (Å²) in [5.74, 6) is 0. The standard InChI is InChI=1S/H13P11/c1-8(2)7-11(9(3)4)10(5)6/h7H,1-6H2/i7D. The topological polar surface area (TPSA) is 0 Å². The number of hydrogen-bond donors (Lipinski definition) is 0. The van der Waals surface area contributed by atoms with Crippen molar-refractivity contribution in [1.82, 2.24) is 0 Å². The van der Waals surface area contributed by atoms with Gasteiger partial charge >= 0.3 is 0 Å². The van der Waals surface area contributed by atoms with Gasteiger partial charge in [-0.3, -0.25) is 0 Å². The maximum absolute atomic E-state index is 8.10. The predicted octanol–water partition coefficient (Wildman–Crippen LogP) is 5.99. The zero-order valence-corrected chi connectivity index (χ0v) is 17.1. The minimum Gasteiger partial charge on any atom is -0.103 e. The van der Waals surface area contributed by atoms with E-state index >= 15 is 0 Å². The van der Waals surface area contributed by atoms with Gasteiger partial charge in [0.05, 0.1) is 1.28 Å². The van der Waals surface area contributed by atoms with Crippen LogP contribution in [0.4, 0.5) is 0 Å². The lowest BCUT2D eigenvalue weighted by Gasteiger charge is -2.26. The Kier molecular flexibility index (Phi) is 11.1. The minimum absolute atomic E-state index is 0.0591. The van der Waals surface area contributed by atoms with Gasteiger partial charge in [-0.25, -0.2) is 0 Å². The highest BCUT2D eigenvalue weighted by Crippen LogP contribution is 3.08. The van der Waals surface area contributed by atoms with E-state index in [-0.39, 0.29) is 27.9 Å². The van der Waals surface area contributed by atoms with E-state index in [0.717, 1.165) is 0 Å². The molecule has 0 spiro atoms. The molecule has 0 radical (unpaired) electrons. The first-order valence-electron chi connectivity index (χ1n) is 2.80. The van der Waals surface area contributed by atoms with E-state index in [1.54, 1.807) is 0 Å². The fourth-order valence-corrected chi connectivity index (χ4v) is 73.9. The van der Waals surface area contributed by atoms with Gasteiger partial charge < -0.3 is 0 Å². The fraction of sp³-hybridized carbons (Fsp3) is 0. The van der Waals surface area contributed by atoms with Crippen LogP contribution in [0.5, 0.6) is 0 Å². The molecule has 0 heterocycles. The molecule has 11 heavy (non-hydrogen) atoms. The Morgan fingerprint density at radius 3 is 1.36 bits per heavy atom. The average Bonchev–Trinajstić information content (AvgIpc) is 1.85. The van der Waals surface area contributed by atoms with Crippen molar-refractivity contribution in [3.63, 3.8) is 0 Å². The summed E-state index contributed by atoms with van der Waals surface area (Å²) < 4.78 is 8.10. The van der Waals surface area contributed by atoms with Crippen molar-refractivity contribution in [3.05, 3.63) is 0 Å². The molecule has 0 aliphatic heterocycles. The second-order valence-electron chi connectivity index (χ2n) is 1.50. The van der Waals surface area contributed by atoms with Crippen molar-refractivity contribution in [2.45, 2.75) is 0 Å².